The van der Waals surface area contributed by atoms with Crippen LogP contribution in [0.2, 0.25) is 10.0 Å². The molecule has 5 nitrogen and oxygen atoms in total. The van der Waals surface area contributed by atoms with Crippen molar-refractivity contribution in [2.45, 2.75) is 15.0 Å². The molecule has 0 bridgehead atoms. The molecule has 1 unspecified atom stereocenters. The van der Waals surface area contributed by atoms with Gasteiger partial charge in [0.25, 0.3) is 10.0 Å². The van der Waals surface area contributed by atoms with Gasteiger partial charge in [0.05, 0.1) is 14.9 Å². The highest BCUT2D eigenvalue weighted by Gasteiger charge is 2.23. The average Bonchev–Trinajstić information content (AvgIpc) is 2.86. The van der Waals surface area contributed by atoms with Crippen LogP contribution >= 0.6 is 35.0 Å². The zero-order valence-corrected chi connectivity index (χ0v) is 21.3. The van der Waals surface area contributed by atoms with Crippen LogP contribution in [0, 0.1) is 0 Å². The van der Waals surface area contributed by atoms with Crippen LogP contribution in [-0.4, -0.2) is 14.3 Å². The first-order chi connectivity index (χ1) is 16.8. The first-order valence-electron chi connectivity index (χ1n) is 10.5. The Morgan fingerprint density at radius 2 is 1.34 bits per heavy atom. The molecule has 0 aromatic heterocycles. The van der Waals surface area contributed by atoms with E-state index in [1.807, 2.05) is 30.3 Å². The van der Waals surface area contributed by atoms with Gasteiger partial charge in [-0.15, -0.1) is 11.8 Å². The summed E-state index contributed by atoms with van der Waals surface area (Å²) < 4.78 is 27.7. The maximum Gasteiger partial charge on any atom is 0.261 e. The first kappa shape index (κ1) is 25.1. The fourth-order valence-corrected chi connectivity index (χ4v) is 5.64. The molecule has 0 aliphatic rings. The van der Waals surface area contributed by atoms with E-state index in [4.69, 9.17) is 23.2 Å². The Morgan fingerprint density at radius 3 is 1.97 bits per heavy atom. The van der Waals surface area contributed by atoms with E-state index in [0.29, 0.717) is 21.4 Å². The quantitative estimate of drug-likeness (QED) is 0.229. The smallest absolute Gasteiger partial charge is 0.261 e. The Morgan fingerprint density at radius 1 is 0.743 bits per heavy atom. The van der Waals surface area contributed by atoms with Crippen LogP contribution in [-0.2, 0) is 14.8 Å². The molecular formula is C26H20Cl2N2O3S2. The number of halogens is 2. The van der Waals surface area contributed by atoms with Crippen LogP contribution in [0.4, 0.5) is 11.4 Å². The molecule has 0 fully saturated rings. The molecule has 0 saturated carbocycles. The third-order valence-corrected chi connectivity index (χ3v) is 8.34. The van der Waals surface area contributed by atoms with Gasteiger partial charge in [0.15, 0.2) is 0 Å². The van der Waals surface area contributed by atoms with Gasteiger partial charge < -0.3 is 5.32 Å². The van der Waals surface area contributed by atoms with Crippen LogP contribution in [0.1, 0.15) is 10.8 Å². The van der Waals surface area contributed by atoms with E-state index < -0.39 is 15.3 Å². The zero-order valence-electron chi connectivity index (χ0n) is 18.2. The lowest BCUT2D eigenvalue weighted by atomic mass is 10.1. The number of carbonyl (C=O) groups excluding carboxylic acids is 1. The maximum absolute atomic E-state index is 13.2. The summed E-state index contributed by atoms with van der Waals surface area (Å²) in [6, 6.07) is 29.3. The summed E-state index contributed by atoms with van der Waals surface area (Å²) in [6.07, 6.45) is 0. The Hall–Kier alpha value is -2.97. The van der Waals surface area contributed by atoms with Crippen molar-refractivity contribution in [1.82, 2.24) is 0 Å². The average molecular weight is 543 g/mol. The molecular weight excluding hydrogens is 523 g/mol. The second kappa shape index (κ2) is 11.2. The lowest BCUT2D eigenvalue weighted by Gasteiger charge is -2.18. The first-order valence-corrected chi connectivity index (χ1v) is 13.6. The van der Waals surface area contributed by atoms with Gasteiger partial charge in [0.1, 0.15) is 5.25 Å². The molecule has 0 heterocycles. The van der Waals surface area contributed by atoms with Crippen LogP contribution in [0.5, 0.6) is 0 Å². The maximum atomic E-state index is 13.2. The SMILES string of the molecule is O=C(Nc1ccc(Cl)c(Cl)c1)C(Sc1ccc(NS(=O)(=O)c2ccccc2)cc1)c1ccccc1. The second-order valence-electron chi connectivity index (χ2n) is 7.47. The molecule has 178 valence electrons. The van der Waals surface area contributed by atoms with Crippen molar-refractivity contribution in [3.8, 4) is 0 Å². The summed E-state index contributed by atoms with van der Waals surface area (Å²) in [5.74, 6) is -0.228. The van der Waals surface area contributed by atoms with E-state index in [0.717, 1.165) is 10.5 Å². The van der Waals surface area contributed by atoms with E-state index in [-0.39, 0.29) is 10.8 Å². The number of benzene rings is 4. The lowest BCUT2D eigenvalue weighted by molar-refractivity contribution is -0.115. The van der Waals surface area contributed by atoms with Gasteiger partial charge in [0, 0.05) is 16.3 Å². The Kier molecular flexibility index (Phi) is 8.03. The van der Waals surface area contributed by atoms with E-state index in [1.165, 1.54) is 23.9 Å². The van der Waals surface area contributed by atoms with Gasteiger partial charge >= 0.3 is 0 Å². The monoisotopic (exact) mass is 542 g/mol. The predicted octanol–water partition coefficient (Wildman–Crippen LogP) is 7.27. The number of rotatable bonds is 8. The fraction of sp³-hybridized carbons (Fsp3) is 0.0385. The van der Waals surface area contributed by atoms with Crippen LogP contribution in [0.3, 0.4) is 0 Å². The summed E-state index contributed by atoms with van der Waals surface area (Å²) in [5.41, 5.74) is 1.79. The van der Waals surface area contributed by atoms with Crippen molar-refractivity contribution in [1.29, 1.82) is 0 Å². The van der Waals surface area contributed by atoms with E-state index in [2.05, 4.69) is 10.0 Å². The Labute approximate surface area is 218 Å². The minimum absolute atomic E-state index is 0.182. The summed E-state index contributed by atoms with van der Waals surface area (Å²) >= 11 is 13.4. The normalized spacial score (nSPS) is 12.1. The molecule has 0 aliphatic heterocycles. The molecule has 1 atom stereocenters. The standard InChI is InChI=1S/C26H20Cl2N2O3S2/c27-23-16-13-20(17-24(23)28)29-26(31)25(18-7-3-1-4-8-18)34-21-14-11-19(12-15-21)30-35(32,33)22-9-5-2-6-10-22/h1-17,25,30H,(H,29,31). The fourth-order valence-electron chi connectivity index (χ4n) is 3.23. The van der Waals surface area contributed by atoms with Crippen molar-refractivity contribution in [3.05, 3.63) is 119 Å². The predicted molar refractivity (Wildman–Crippen MR) is 144 cm³/mol. The highest BCUT2D eigenvalue weighted by Crippen LogP contribution is 2.37. The number of hydrogen-bond donors (Lipinski definition) is 2. The number of amides is 1. The highest BCUT2D eigenvalue weighted by atomic mass is 35.5. The van der Waals surface area contributed by atoms with Gasteiger partial charge in [-0.1, -0.05) is 71.7 Å². The molecule has 4 aromatic rings. The number of carbonyl (C=O) groups is 1. The number of anilines is 2. The van der Waals surface area contributed by atoms with Crippen molar-refractivity contribution < 1.29 is 13.2 Å². The van der Waals surface area contributed by atoms with Crippen LogP contribution in [0.15, 0.2) is 113 Å². The Bertz CT molecular complexity index is 1420. The molecule has 0 radical (unpaired) electrons. The summed E-state index contributed by atoms with van der Waals surface area (Å²) in [4.78, 5) is 14.2. The minimum atomic E-state index is -3.69. The molecule has 0 spiro atoms. The summed E-state index contributed by atoms with van der Waals surface area (Å²) in [7, 11) is -3.69. The molecule has 2 N–H and O–H groups in total. The van der Waals surface area contributed by atoms with Crippen molar-refractivity contribution in [3.63, 3.8) is 0 Å². The van der Waals surface area contributed by atoms with E-state index in [9.17, 15) is 13.2 Å². The molecule has 9 heteroatoms. The third kappa shape index (κ3) is 6.58. The highest BCUT2D eigenvalue weighted by molar-refractivity contribution is 8.00. The number of nitrogens with one attached hydrogen (secondary N) is 2. The van der Waals surface area contributed by atoms with Gasteiger partial charge in [-0.2, -0.15) is 0 Å². The summed E-state index contributed by atoms with van der Waals surface area (Å²) in [5, 5.41) is 3.09. The molecule has 0 saturated heterocycles. The lowest BCUT2D eigenvalue weighted by Crippen LogP contribution is -2.19. The minimum Gasteiger partial charge on any atom is -0.325 e. The van der Waals surface area contributed by atoms with Crippen molar-refractivity contribution in [2.75, 3.05) is 10.0 Å². The molecule has 35 heavy (non-hydrogen) atoms. The van der Waals surface area contributed by atoms with Gasteiger partial charge in [-0.25, -0.2) is 8.42 Å². The zero-order chi connectivity index (χ0) is 24.8. The van der Waals surface area contributed by atoms with Crippen molar-refractivity contribution >= 4 is 62.3 Å². The van der Waals surface area contributed by atoms with E-state index >= 15 is 0 Å². The van der Waals surface area contributed by atoms with Crippen LogP contribution < -0.4 is 10.0 Å². The molecule has 1 amide bonds. The van der Waals surface area contributed by atoms with Crippen molar-refractivity contribution in [2.24, 2.45) is 0 Å². The van der Waals surface area contributed by atoms with Gasteiger partial charge in [0.2, 0.25) is 5.91 Å². The Balaban J connectivity index is 1.52. The largest absolute Gasteiger partial charge is 0.325 e. The molecule has 0 aliphatic carbocycles. The summed E-state index contributed by atoms with van der Waals surface area (Å²) in [6.45, 7) is 0. The van der Waals surface area contributed by atoms with E-state index in [1.54, 1.807) is 60.7 Å². The number of hydrogen-bond acceptors (Lipinski definition) is 4. The topological polar surface area (TPSA) is 75.3 Å². The van der Waals surface area contributed by atoms with Gasteiger partial charge in [-0.05, 0) is 60.2 Å². The second-order valence-corrected chi connectivity index (χ2v) is 11.1. The molecule has 4 aromatic carbocycles. The molecule has 4 rings (SSSR count). The van der Waals surface area contributed by atoms with Crippen LogP contribution in [0.25, 0.3) is 0 Å². The number of sulfonamides is 1. The van der Waals surface area contributed by atoms with Gasteiger partial charge in [-0.3, -0.25) is 9.52 Å². The third-order valence-electron chi connectivity index (χ3n) is 4.94. The number of thioether (sulfide) groups is 1.